The average molecular weight is 442 g/mol. The van der Waals surface area contributed by atoms with Gasteiger partial charge in [-0.25, -0.2) is 13.1 Å². The summed E-state index contributed by atoms with van der Waals surface area (Å²) in [5.41, 5.74) is 0.429. The molecular weight excluding hydrogens is 421 g/mol. The highest BCUT2D eigenvalue weighted by molar-refractivity contribution is 7.89. The van der Waals surface area contributed by atoms with Crippen LogP contribution in [0, 0.1) is 0 Å². The summed E-state index contributed by atoms with van der Waals surface area (Å²) in [6.45, 7) is 2.19. The first kappa shape index (κ1) is 23.6. The molecule has 0 spiro atoms. The number of benzene rings is 2. The maximum absolute atomic E-state index is 12.9. The number of carbonyl (C=O) groups is 1. The molecule has 0 bridgehead atoms. The largest absolute Gasteiger partial charge is 0.416 e. The summed E-state index contributed by atoms with van der Waals surface area (Å²) in [6, 6.07) is 13.2. The minimum atomic E-state index is -4.91. The van der Waals surface area contributed by atoms with E-state index in [1.54, 1.807) is 30.3 Å². The normalized spacial score (nSPS) is 12.9. The van der Waals surface area contributed by atoms with Crippen LogP contribution in [0.15, 0.2) is 72.1 Å². The monoisotopic (exact) mass is 442 g/mol. The Morgan fingerprint density at radius 3 is 2.43 bits per heavy atom. The molecule has 162 valence electrons. The standard InChI is InChI=1S/C20H21F3N2O4S/c1-2-11-24-30(28,29)17-10-6-9-16(12-17)19(27)25(14-18(26)20(21,22)23)13-15-7-4-3-5-8-15/h2-10,12,18,24,26H,1,11,13-14H2. The van der Waals surface area contributed by atoms with Gasteiger partial charge in [0.15, 0.2) is 6.10 Å². The van der Waals surface area contributed by atoms with Gasteiger partial charge in [-0.15, -0.1) is 6.58 Å². The lowest BCUT2D eigenvalue weighted by molar-refractivity contribution is -0.206. The van der Waals surface area contributed by atoms with Crippen LogP contribution in [0.2, 0.25) is 0 Å². The van der Waals surface area contributed by atoms with Crippen LogP contribution in [0.1, 0.15) is 15.9 Å². The third-order valence-electron chi connectivity index (χ3n) is 4.08. The number of carbonyl (C=O) groups excluding carboxylic acids is 1. The van der Waals surface area contributed by atoms with Crippen LogP contribution in [0.4, 0.5) is 13.2 Å². The van der Waals surface area contributed by atoms with Gasteiger partial charge in [0.1, 0.15) is 0 Å². The Balaban J connectivity index is 2.35. The number of amides is 1. The summed E-state index contributed by atoms with van der Waals surface area (Å²) in [6.07, 6.45) is -6.31. The molecule has 1 amide bonds. The highest BCUT2D eigenvalue weighted by Crippen LogP contribution is 2.23. The van der Waals surface area contributed by atoms with Crippen LogP contribution in [-0.2, 0) is 16.6 Å². The van der Waals surface area contributed by atoms with E-state index in [1.807, 2.05) is 0 Å². The van der Waals surface area contributed by atoms with E-state index < -0.39 is 34.8 Å². The predicted octanol–water partition coefficient (Wildman–Crippen LogP) is 2.72. The molecule has 6 nitrogen and oxygen atoms in total. The number of nitrogens with zero attached hydrogens (tertiary/aromatic N) is 1. The summed E-state index contributed by atoms with van der Waals surface area (Å²) < 4.78 is 65.4. The summed E-state index contributed by atoms with van der Waals surface area (Å²) in [5, 5.41) is 9.48. The molecule has 2 N–H and O–H groups in total. The lowest BCUT2D eigenvalue weighted by atomic mass is 10.1. The maximum Gasteiger partial charge on any atom is 0.416 e. The van der Waals surface area contributed by atoms with Crippen LogP contribution in [-0.4, -0.2) is 49.7 Å². The lowest BCUT2D eigenvalue weighted by Crippen LogP contribution is -2.43. The van der Waals surface area contributed by atoms with Crippen molar-refractivity contribution in [2.75, 3.05) is 13.1 Å². The van der Waals surface area contributed by atoms with Gasteiger partial charge in [0.05, 0.1) is 11.4 Å². The smallest absolute Gasteiger partial charge is 0.382 e. The molecule has 1 unspecified atom stereocenters. The Labute approximate surface area is 172 Å². The van der Waals surface area contributed by atoms with Gasteiger partial charge in [0.25, 0.3) is 5.91 Å². The zero-order chi connectivity index (χ0) is 22.4. The van der Waals surface area contributed by atoms with Gasteiger partial charge in [-0.2, -0.15) is 13.2 Å². The molecule has 0 aliphatic rings. The quantitative estimate of drug-likeness (QED) is 0.585. The van der Waals surface area contributed by atoms with Crippen LogP contribution in [0.3, 0.4) is 0 Å². The second kappa shape index (κ2) is 9.88. The van der Waals surface area contributed by atoms with Crippen molar-refractivity contribution in [2.45, 2.75) is 23.7 Å². The van der Waals surface area contributed by atoms with E-state index in [-0.39, 0.29) is 23.5 Å². The van der Waals surface area contributed by atoms with Gasteiger partial charge in [0.2, 0.25) is 10.0 Å². The van der Waals surface area contributed by atoms with Gasteiger partial charge in [0, 0.05) is 18.7 Å². The van der Waals surface area contributed by atoms with Crippen molar-refractivity contribution < 1.29 is 31.5 Å². The number of halogens is 3. The second-order valence-corrected chi connectivity index (χ2v) is 8.16. The highest BCUT2D eigenvalue weighted by Gasteiger charge is 2.40. The third kappa shape index (κ3) is 6.41. The van der Waals surface area contributed by atoms with Gasteiger partial charge in [-0.3, -0.25) is 4.79 Å². The van der Waals surface area contributed by atoms with Gasteiger partial charge in [-0.1, -0.05) is 42.5 Å². The van der Waals surface area contributed by atoms with Crippen molar-refractivity contribution in [2.24, 2.45) is 0 Å². The van der Waals surface area contributed by atoms with Crippen molar-refractivity contribution in [1.82, 2.24) is 9.62 Å². The van der Waals surface area contributed by atoms with Crippen molar-refractivity contribution in [1.29, 1.82) is 0 Å². The van der Waals surface area contributed by atoms with Gasteiger partial charge in [-0.05, 0) is 23.8 Å². The third-order valence-corrected chi connectivity index (χ3v) is 5.50. The molecule has 0 aromatic heterocycles. The molecule has 10 heteroatoms. The summed E-state index contributed by atoms with van der Waals surface area (Å²) in [4.78, 5) is 13.5. The molecule has 0 fully saturated rings. The first-order chi connectivity index (χ1) is 14.0. The van der Waals surface area contributed by atoms with Crippen molar-refractivity contribution in [3.63, 3.8) is 0 Å². The van der Waals surface area contributed by atoms with E-state index >= 15 is 0 Å². The topological polar surface area (TPSA) is 86.7 Å². The van der Waals surface area contributed by atoms with Crippen LogP contribution in [0.25, 0.3) is 0 Å². The fourth-order valence-electron chi connectivity index (χ4n) is 2.57. The molecule has 0 saturated carbocycles. The number of aliphatic hydroxyl groups excluding tert-OH is 1. The van der Waals surface area contributed by atoms with E-state index in [2.05, 4.69) is 11.3 Å². The molecule has 1 atom stereocenters. The molecule has 0 heterocycles. The fourth-order valence-corrected chi connectivity index (χ4v) is 3.61. The lowest BCUT2D eigenvalue weighted by Gasteiger charge is -2.26. The summed E-state index contributed by atoms with van der Waals surface area (Å²) >= 11 is 0. The first-order valence-electron chi connectivity index (χ1n) is 8.83. The van der Waals surface area contributed by atoms with Crippen LogP contribution < -0.4 is 4.72 Å². The molecule has 2 aromatic carbocycles. The predicted molar refractivity (Wildman–Crippen MR) is 105 cm³/mol. The SMILES string of the molecule is C=CCNS(=O)(=O)c1cccc(C(=O)N(Cc2ccccc2)CC(O)C(F)(F)F)c1. The number of rotatable bonds is 9. The number of nitrogens with one attached hydrogen (secondary N) is 1. The van der Waals surface area contributed by atoms with E-state index in [0.29, 0.717) is 5.56 Å². The summed E-state index contributed by atoms with van der Waals surface area (Å²) in [7, 11) is -3.93. The minimum Gasteiger partial charge on any atom is -0.382 e. The highest BCUT2D eigenvalue weighted by atomic mass is 32.2. The molecule has 2 aromatic rings. The zero-order valence-electron chi connectivity index (χ0n) is 15.8. The number of alkyl halides is 3. The molecular formula is C20H21F3N2O4S. The Kier molecular flexibility index (Phi) is 7.77. The average Bonchev–Trinajstić information content (AvgIpc) is 2.71. The molecule has 0 radical (unpaired) electrons. The van der Waals surface area contributed by atoms with Crippen molar-refractivity contribution >= 4 is 15.9 Å². The molecule has 2 rings (SSSR count). The van der Waals surface area contributed by atoms with Crippen molar-refractivity contribution in [3.8, 4) is 0 Å². The van der Waals surface area contributed by atoms with E-state index in [1.165, 1.54) is 24.3 Å². The molecule has 30 heavy (non-hydrogen) atoms. The van der Waals surface area contributed by atoms with Gasteiger partial charge < -0.3 is 10.0 Å². The fraction of sp³-hybridized carbons (Fsp3) is 0.250. The van der Waals surface area contributed by atoms with E-state index in [4.69, 9.17) is 0 Å². The Morgan fingerprint density at radius 2 is 1.83 bits per heavy atom. The number of aliphatic hydroxyl groups is 1. The number of sulfonamides is 1. The van der Waals surface area contributed by atoms with E-state index in [9.17, 15) is 31.5 Å². The molecule has 0 aliphatic heterocycles. The van der Waals surface area contributed by atoms with Crippen LogP contribution >= 0.6 is 0 Å². The van der Waals surface area contributed by atoms with Crippen molar-refractivity contribution in [3.05, 3.63) is 78.4 Å². The van der Waals surface area contributed by atoms with Gasteiger partial charge >= 0.3 is 6.18 Å². The Bertz CT molecular complexity index is 979. The Morgan fingerprint density at radius 1 is 1.17 bits per heavy atom. The van der Waals surface area contributed by atoms with E-state index in [0.717, 1.165) is 11.0 Å². The molecule has 0 saturated heterocycles. The minimum absolute atomic E-state index is 0.0294. The number of hydrogen-bond acceptors (Lipinski definition) is 4. The summed E-state index contributed by atoms with van der Waals surface area (Å²) in [5.74, 6) is -0.845. The zero-order valence-corrected chi connectivity index (χ0v) is 16.7. The van der Waals surface area contributed by atoms with Crippen LogP contribution in [0.5, 0.6) is 0 Å². The molecule has 0 aliphatic carbocycles. The second-order valence-electron chi connectivity index (χ2n) is 6.40. The number of hydrogen-bond donors (Lipinski definition) is 2. The maximum atomic E-state index is 12.9. The Hall–Kier alpha value is -2.69. The first-order valence-corrected chi connectivity index (χ1v) is 10.3.